The van der Waals surface area contributed by atoms with Crippen molar-refractivity contribution in [1.82, 2.24) is 9.78 Å². The van der Waals surface area contributed by atoms with Gasteiger partial charge in [-0.2, -0.15) is 10.4 Å². The van der Waals surface area contributed by atoms with Gasteiger partial charge in [0.15, 0.2) is 5.78 Å². The summed E-state index contributed by atoms with van der Waals surface area (Å²) < 4.78 is 12.6. The normalized spacial score (nSPS) is 19.6. The molecule has 170 valence electrons. The largest absolute Gasteiger partial charge is 0.496 e. The molecule has 1 aliphatic heterocycles. The predicted octanol–water partition coefficient (Wildman–Crippen LogP) is 3.30. The number of aromatic nitrogens is 2. The van der Waals surface area contributed by atoms with Crippen LogP contribution in [0.3, 0.4) is 0 Å². The Morgan fingerprint density at radius 1 is 1.42 bits per heavy atom. The van der Waals surface area contributed by atoms with E-state index in [-0.39, 0.29) is 34.9 Å². The molecule has 2 aromatic rings. The number of benzene rings is 1. The van der Waals surface area contributed by atoms with Crippen LogP contribution in [0.4, 0.5) is 5.69 Å². The number of nitrogens with two attached hydrogens (primary N) is 1. The van der Waals surface area contributed by atoms with Gasteiger partial charge < -0.3 is 15.2 Å². The summed E-state index contributed by atoms with van der Waals surface area (Å²) in [7, 11) is 1.52. The summed E-state index contributed by atoms with van der Waals surface area (Å²) in [5.74, 6) is 0.292. The summed E-state index contributed by atoms with van der Waals surface area (Å²) >= 11 is 0. The number of rotatable bonds is 5. The molecule has 1 aromatic heterocycles. The number of Topliss-reactive ketones (excluding diaryl/α,β-unsaturated/α-hetero) is 1. The second-order valence-electron chi connectivity index (χ2n) is 8.93. The molecule has 0 radical (unpaired) electrons. The van der Waals surface area contributed by atoms with E-state index in [1.165, 1.54) is 24.2 Å². The van der Waals surface area contributed by atoms with Gasteiger partial charge in [-0.15, -0.1) is 0 Å². The molecule has 2 aliphatic rings. The molecule has 1 atom stereocenters. The van der Waals surface area contributed by atoms with E-state index >= 15 is 0 Å². The Bertz CT molecular complexity index is 1260. The van der Waals surface area contributed by atoms with Gasteiger partial charge in [0, 0.05) is 24.0 Å². The zero-order valence-electron chi connectivity index (χ0n) is 18.5. The number of ether oxygens (including phenoxy) is 2. The van der Waals surface area contributed by atoms with Gasteiger partial charge in [0.1, 0.15) is 35.5 Å². The lowest BCUT2D eigenvalue weighted by Crippen LogP contribution is -2.33. The molecule has 1 aromatic carbocycles. The van der Waals surface area contributed by atoms with Gasteiger partial charge in [-0.3, -0.25) is 19.6 Å². The van der Waals surface area contributed by atoms with Crippen LogP contribution >= 0.6 is 0 Å². The molecule has 0 amide bonds. The van der Waals surface area contributed by atoms with Crippen molar-refractivity contribution < 1.29 is 19.2 Å². The van der Waals surface area contributed by atoms with Gasteiger partial charge in [0.25, 0.3) is 0 Å². The predicted molar refractivity (Wildman–Crippen MR) is 117 cm³/mol. The summed E-state index contributed by atoms with van der Waals surface area (Å²) in [6.07, 6.45) is 3.37. The lowest BCUT2D eigenvalue weighted by Gasteiger charge is -2.37. The number of allylic oxidation sites excluding steroid dienone is 3. The Kier molecular flexibility index (Phi) is 5.41. The number of carbonyl (C=O) groups is 1. The molecule has 0 bridgehead atoms. The van der Waals surface area contributed by atoms with Crippen LogP contribution in [0.1, 0.15) is 43.7 Å². The van der Waals surface area contributed by atoms with Gasteiger partial charge in [-0.25, -0.2) is 0 Å². The van der Waals surface area contributed by atoms with Crippen molar-refractivity contribution in [3.05, 3.63) is 74.6 Å². The van der Waals surface area contributed by atoms with Crippen molar-refractivity contribution >= 4 is 11.5 Å². The van der Waals surface area contributed by atoms with Gasteiger partial charge in [0.2, 0.25) is 5.88 Å². The molecule has 0 saturated carbocycles. The third-order valence-electron chi connectivity index (χ3n) is 5.88. The van der Waals surface area contributed by atoms with Crippen LogP contribution in [0.15, 0.2) is 53.4 Å². The molecule has 33 heavy (non-hydrogen) atoms. The fourth-order valence-corrected chi connectivity index (χ4v) is 4.43. The van der Waals surface area contributed by atoms with E-state index in [4.69, 9.17) is 15.2 Å². The minimum absolute atomic E-state index is 0.00757. The highest BCUT2D eigenvalue weighted by Gasteiger charge is 2.43. The highest BCUT2D eigenvalue weighted by Crippen LogP contribution is 2.48. The van der Waals surface area contributed by atoms with E-state index in [0.717, 1.165) is 0 Å². The third-order valence-corrected chi connectivity index (χ3v) is 5.88. The first-order valence-corrected chi connectivity index (χ1v) is 10.3. The molecule has 10 nitrogen and oxygen atoms in total. The molecule has 0 spiro atoms. The summed E-state index contributed by atoms with van der Waals surface area (Å²) in [5, 5.41) is 24.9. The van der Waals surface area contributed by atoms with Crippen molar-refractivity contribution in [3.8, 4) is 11.8 Å². The van der Waals surface area contributed by atoms with Crippen LogP contribution in [0.2, 0.25) is 0 Å². The van der Waals surface area contributed by atoms with Gasteiger partial charge in [-0.1, -0.05) is 19.9 Å². The van der Waals surface area contributed by atoms with Gasteiger partial charge >= 0.3 is 5.69 Å². The highest BCUT2D eigenvalue weighted by molar-refractivity contribution is 6.00. The maximum Gasteiger partial charge on any atom is 0.307 e. The van der Waals surface area contributed by atoms with E-state index in [0.29, 0.717) is 41.1 Å². The van der Waals surface area contributed by atoms with E-state index in [1.54, 1.807) is 12.1 Å². The Hall–Kier alpha value is -4.13. The van der Waals surface area contributed by atoms with Gasteiger partial charge in [0.05, 0.1) is 24.5 Å². The molecule has 0 unspecified atom stereocenters. The molecule has 1 aliphatic carbocycles. The van der Waals surface area contributed by atoms with Crippen molar-refractivity contribution in [2.75, 3.05) is 7.11 Å². The van der Waals surface area contributed by atoms with Crippen LogP contribution in [-0.4, -0.2) is 27.6 Å². The average molecular weight is 449 g/mol. The second-order valence-corrected chi connectivity index (χ2v) is 8.93. The quantitative estimate of drug-likeness (QED) is 0.540. The van der Waals surface area contributed by atoms with Crippen LogP contribution in [0.5, 0.6) is 5.75 Å². The zero-order valence-corrected chi connectivity index (χ0v) is 18.5. The lowest BCUT2D eigenvalue weighted by molar-refractivity contribution is -0.385. The second kappa shape index (κ2) is 8.09. The third kappa shape index (κ3) is 4.05. The number of methoxy groups -OCH3 is 1. The standard InChI is InChI=1S/C23H23N5O5/c1-23(2)7-17(29)21-19(8-23)33-22(25)16(9-24)20(21)13-4-5-18(32-3)14(6-13)11-27-12-15(10-26-27)28(30)31/h4-6,10,12,20H,7-8,11,25H2,1-3H3/t20-/m0/s1. The summed E-state index contributed by atoms with van der Waals surface area (Å²) in [4.78, 5) is 23.6. The number of nitrogens with zero attached hydrogens (tertiary/aromatic N) is 4. The zero-order chi connectivity index (χ0) is 23.9. The van der Waals surface area contributed by atoms with E-state index < -0.39 is 10.8 Å². The van der Waals surface area contributed by atoms with Crippen molar-refractivity contribution in [2.45, 2.75) is 39.2 Å². The number of hydrogen-bond donors (Lipinski definition) is 1. The number of carbonyl (C=O) groups excluding carboxylic acids is 1. The number of nitriles is 1. The number of ketones is 1. The summed E-state index contributed by atoms with van der Waals surface area (Å²) in [6.45, 7) is 4.17. The molecule has 10 heteroatoms. The van der Waals surface area contributed by atoms with E-state index in [1.807, 2.05) is 19.9 Å². The number of nitro groups is 1. The number of hydrogen-bond acceptors (Lipinski definition) is 8. The molecule has 2 heterocycles. The van der Waals surface area contributed by atoms with Crippen LogP contribution in [0.25, 0.3) is 0 Å². The summed E-state index contributed by atoms with van der Waals surface area (Å²) in [5.41, 5.74) is 7.68. The first kappa shape index (κ1) is 22.1. The Balaban J connectivity index is 1.80. The van der Waals surface area contributed by atoms with Crippen LogP contribution < -0.4 is 10.5 Å². The average Bonchev–Trinajstić information content (AvgIpc) is 3.20. The maximum absolute atomic E-state index is 13.1. The topological polar surface area (TPSA) is 146 Å². The Labute approximate surface area is 190 Å². The fraction of sp³-hybridized carbons (Fsp3) is 0.348. The monoisotopic (exact) mass is 449 g/mol. The molecule has 0 fully saturated rings. The fourth-order valence-electron chi connectivity index (χ4n) is 4.43. The van der Waals surface area contributed by atoms with Crippen molar-refractivity contribution in [3.63, 3.8) is 0 Å². The SMILES string of the molecule is COc1ccc([C@H]2C(C#N)=C(N)OC3=C2C(=O)CC(C)(C)C3)cc1Cn1cc([N+](=O)[O-])cn1. The highest BCUT2D eigenvalue weighted by atomic mass is 16.6. The first-order chi connectivity index (χ1) is 15.6. The maximum atomic E-state index is 13.1. The Morgan fingerprint density at radius 3 is 2.82 bits per heavy atom. The Morgan fingerprint density at radius 2 is 2.18 bits per heavy atom. The van der Waals surface area contributed by atoms with Crippen LogP contribution in [-0.2, 0) is 16.1 Å². The van der Waals surface area contributed by atoms with Crippen LogP contribution in [0, 0.1) is 26.9 Å². The molecule has 4 rings (SSSR count). The summed E-state index contributed by atoms with van der Waals surface area (Å²) in [6, 6.07) is 7.44. The molecular formula is C23H23N5O5. The minimum atomic E-state index is -0.668. The van der Waals surface area contributed by atoms with E-state index in [9.17, 15) is 20.2 Å². The molecule has 0 saturated heterocycles. The van der Waals surface area contributed by atoms with Gasteiger partial charge in [-0.05, 0) is 23.1 Å². The lowest BCUT2D eigenvalue weighted by atomic mass is 9.70. The van der Waals surface area contributed by atoms with Crippen molar-refractivity contribution in [1.29, 1.82) is 5.26 Å². The first-order valence-electron chi connectivity index (χ1n) is 10.3. The molecule has 2 N–H and O–H groups in total. The van der Waals surface area contributed by atoms with E-state index in [2.05, 4.69) is 11.2 Å². The van der Waals surface area contributed by atoms with Crippen molar-refractivity contribution in [2.24, 2.45) is 11.1 Å². The minimum Gasteiger partial charge on any atom is -0.496 e. The molecular weight excluding hydrogens is 426 g/mol. The smallest absolute Gasteiger partial charge is 0.307 e.